The van der Waals surface area contributed by atoms with Gasteiger partial charge in [0.15, 0.2) is 5.82 Å². The minimum Gasteiger partial charge on any atom is -0.325 e. The molecule has 4 aromatic rings. The van der Waals surface area contributed by atoms with Gasteiger partial charge in [-0.3, -0.25) is 4.68 Å². The standard InChI is InChI=1S/C18H16ClN5/c1-2-24-12-13(10-21-24)11-23-9-8-20-18(23)16-7-6-14-4-3-5-15(19)17(14)22-16/h3-10,12H,2,11H2,1H3. The molecule has 1 aromatic carbocycles. The third-order valence-electron chi connectivity index (χ3n) is 3.98. The van der Waals surface area contributed by atoms with Gasteiger partial charge in [0.1, 0.15) is 5.69 Å². The third kappa shape index (κ3) is 2.67. The molecule has 0 saturated carbocycles. The number of hydrogen-bond acceptors (Lipinski definition) is 3. The zero-order valence-electron chi connectivity index (χ0n) is 13.2. The number of aromatic nitrogens is 5. The average molecular weight is 338 g/mol. The summed E-state index contributed by atoms with van der Waals surface area (Å²) in [5.41, 5.74) is 2.74. The molecule has 0 unspecified atom stereocenters. The number of imidazole rings is 1. The summed E-state index contributed by atoms with van der Waals surface area (Å²) in [6.07, 6.45) is 7.68. The molecule has 0 amide bonds. The number of rotatable bonds is 4. The van der Waals surface area contributed by atoms with Crippen LogP contribution in [-0.2, 0) is 13.1 Å². The van der Waals surface area contributed by atoms with Gasteiger partial charge in [0.2, 0.25) is 0 Å². The highest BCUT2D eigenvalue weighted by molar-refractivity contribution is 6.35. The van der Waals surface area contributed by atoms with E-state index in [1.807, 2.05) is 47.4 Å². The van der Waals surface area contributed by atoms with Crippen molar-refractivity contribution in [3.8, 4) is 11.5 Å². The van der Waals surface area contributed by atoms with Crippen LogP contribution in [0.1, 0.15) is 12.5 Å². The summed E-state index contributed by atoms with van der Waals surface area (Å²) in [6.45, 7) is 3.64. The number of pyridine rings is 1. The first-order chi connectivity index (χ1) is 11.7. The fraction of sp³-hybridized carbons (Fsp3) is 0.167. The normalized spacial score (nSPS) is 11.2. The van der Waals surface area contributed by atoms with Crippen LogP contribution in [0.25, 0.3) is 22.4 Å². The minimum atomic E-state index is 0.650. The first kappa shape index (κ1) is 14.9. The molecular weight excluding hydrogens is 322 g/mol. The SMILES string of the molecule is CCn1cc(Cn2ccnc2-c2ccc3cccc(Cl)c3n2)cn1. The van der Waals surface area contributed by atoms with Crippen LogP contribution < -0.4 is 0 Å². The summed E-state index contributed by atoms with van der Waals surface area (Å²) >= 11 is 6.28. The van der Waals surface area contributed by atoms with Crippen LogP contribution in [0, 0.1) is 0 Å². The monoisotopic (exact) mass is 337 g/mol. The second-order valence-electron chi connectivity index (χ2n) is 5.59. The zero-order valence-corrected chi connectivity index (χ0v) is 14.0. The maximum absolute atomic E-state index is 6.28. The van der Waals surface area contributed by atoms with Crippen molar-refractivity contribution >= 4 is 22.5 Å². The van der Waals surface area contributed by atoms with E-state index in [0.29, 0.717) is 11.6 Å². The number of fused-ring (bicyclic) bond motifs is 1. The van der Waals surface area contributed by atoms with Gasteiger partial charge >= 0.3 is 0 Å². The van der Waals surface area contributed by atoms with Gasteiger partial charge in [-0.1, -0.05) is 29.8 Å². The summed E-state index contributed by atoms with van der Waals surface area (Å²) in [5.74, 6) is 0.820. The van der Waals surface area contributed by atoms with E-state index in [4.69, 9.17) is 16.6 Å². The van der Waals surface area contributed by atoms with Crippen LogP contribution in [0.5, 0.6) is 0 Å². The Balaban J connectivity index is 1.72. The van der Waals surface area contributed by atoms with Gasteiger partial charge in [-0.2, -0.15) is 5.10 Å². The molecule has 0 aliphatic rings. The van der Waals surface area contributed by atoms with Crippen LogP contribution in [0.4, 0.5) is 0 Å². The van der Waals surface area contributed by atoms with Crippen molar-refractivity contribution in [3.05, 3.63) is 65.7 Å². The van der Waals surface area contributed by atoms with Crippen molar-refractivity contribution in [2.24, 2.45) is 0 Å². The maximum Gasteiger partial charge on any atom is 0.158 e. The number of nitrogens with zero attached hydrogens (tertiary/aromatic N) is 5. The molecule has 0 N–H and O–H groups in total. The number of aryl methyl sites for hydroxylation is 1. The molecule has 0 bridgehead atoms. The molecule has 3 aromatic heterocycles. The van der Waals surface area contributed by atoms with Crippen LogP contribution in [0.3, 0.4) is 0 Å². The van der Waals surface area contributed by atoms with E-state index in [0.717, 1.165) is 34.5 Å². The molecule has 120 valence electrons. The highest BCUT2D eigenvalue weighted by Gasteiger charge is 2.10. The molecule has 0 saturated heterocycles. The predicted molar refractivity (Wildman–Crippen MR) is 95.0 cm³/mol. The third-order valence-corrected chi connectivity index (χ3v) is 4.28. The van der Waals surface area contributed by atoms with E-state index in [1.54, 1.807) is 6.20 Å². The predicted octanol–water partition coefficient (Wildman–Crippen LogP) is 4.02. The Morgan fingerprint density at radius 2 is 2.08 bits per heavy atom. The van der Waals surface area contributed by atoms with Crippen molar-refractivity contribution in [2.75, 3.05) is 0 Å². The Morgan fingerprint density at radius 3 is 2.92 bits per heavy atom. The van der Waals surface area contributed by atoms with Crippen molar-refractivity contribution in [1.82, 2.24) is 24.3 Å². The summed E-state index contributed by atoms with van der Waals surface area (Å²) in [5, 5.41) is 5.99. The molecule has 0 aliphatic carbocycles. The molecule has 6 heteroatoms. The molecule has 0 fully saturated rings. The largest absolute Gasteiger partial charge is 0.325 e. The molecular formula is C18H16ClN5. The van der Waals surface area contributed by atoms with Gasteiger partial charge in [-0.15, -0.1) is 0 Å². The van der Waals surface area contributed by atoms with Gasteiger partial charge in [-0.05, 0) is 19.1 Å². The minimum absolute atomic E-state index is 0.650. The Kier molecular flexibility index (Phi) is 3.78. The van der Waals surface area contributed by atoms with Crippen LogP contribution >= 0.6 is 11.6 Å². The quantitative estimate of drug-likeness (QED) is 0.565. The molecule has 24 heavy (non-hydrogen) atoms. The number of benzene rings is 1. The first-order valence-corrected chi connectivity index (χ1v) is 8.20. The van der Waals surface area contributed by atoms with Gasteiger partial charge < -0.3 is 4.57 Å². The maximum atomic E-state index is 6.28. The molecule has 0 atom stereocenters. The Morgan fingerprint density at radius 1 is 1.17 bits per heavy atom. The molecule has 3 heterocycles. The smallest absolute Gasteiger partial charge is 0.158 e. The number of hydrogen-bond donors (Lipinski definition) is 0. The Bertz CT molecular complexity index is 1000. The fourth-order valence-corrected chi connectivity index (χ4v) is 2.99. The van der Waals surface area contributed by atoms with E-state index in [2.05, 4.69) is 27.8 Å². The van der Waals surface area contributed by atoms with Crippen LogP contribution in [-0.4, -0.2) is 24.3 Å². The van der Waals surface area contributed by atoms with E-state index >= 15 is 0 Å². The lowest BCUT2D eigenvalue weighted by molar-refractivity contribution is 0.658. The van der Waals surface area contributed by atoms with E-state index < -0.39 is 0 Å². The Labute approximate surface area is 144 Å². The number of halogens is 1. The molecule has 0 radical (unpaired) electrons. The summed E-state index contributed by atoms with van der Waals surface area (Å²) in [4.78, 5) is 9.18. The summed E-state index contributed by atoms with van der Waals surface area (Å²) in [6, 6.07) is 9.79. The lowest BCUT2D eigenvalue weighted by Gasteiger charge is -2.07. The van der Waals surface area contributed by atoms with Gasteiger partial charge in [0.25, 0.3) is 0 Å². The molecule has 5 nitrogen and oxygen atoms in total. The van der Waals surface area contributed by atoms with Crippen LogP contribution in [0.15, 0.2) is 55.1 Å². The van der Waals surface area contributed by atoms with E-state index in [9.17, 15) is 0 Å². The summed E-state index contributed by atoms with van der Waals surface area (Å²) < 4.78 is 3.99. The average Bonchev–Trinajstić information content (AvgIpc) is 3.25. The van der Waals surface area contributed by atoms with E-state index in [-0.39, 0.29) is 0 Å². The molecule has 0 spiro atoms. The molecule has 4 rings (SSSR count). The summed E-state index contributed by atoms with van der Waals surface area (Å²) in [7, 11) is 0. The second kappa shape index (κ2) is 6.09. The first-order valence-electron chi connectivity index (χ1n) is 7.82. The van der Waals surface area contributed by atoms with Crippen LogP contribution in [0.2, 0.25) is 5.02 Å². The van der Waals surface area contributed by atoms with Crippen molar-refractivity contribution in [1.29, 1.82) is 0 Å². The molecule has 0 aliphatic heterocycles. The lowest BCUT2D eigenvalue weighted by atomic mass is 10.2. The highest BCUT2D eigenvalue weighted by atomic mass is 35.5. The van der Waals surface area contributed by atoms with Crippen molar-refractivity contribution in [2.45, 2.75) is 20.0 Å². The highest BCUT2D eigenvalue weighted by Crippen LogP contribution is 2.25. The lowest BCUT2D eigenvalue weighted by Crippen LogP contribution is -2.02. The van der Waals surface area contributed by atoms with Crippen molar-refractivity contribution in [3.63, 3.8) is 0 Å². The topological polar surface area (TPSA) is 48.5 Å². The van der Waals surface area contributed by atoms with Crippen molar-refractivity contribution < 1.29 is 0 Å². The number of para-hydroxylation sites is 1. The van der Waals surface area contributed by atoms with Gasteiger partial charge in [0, 0.05) is 36.1 Å². The van der Waals surface area contributed by atoms with Gasteiger partial charge in [-0.25, -0.2) is 9.97 Å². The second-order valence-corrected chi connectivity index (χ2v) is 6.00. The van der Waals surface area contributed by atoms with E-state index in [1.165, 1.54) is 0 Å². The fourth-order valence-electron chi connectivity index (χ4n) is 2.76. The van der Waals surface area contributed by atoms with Gasteiger partial charge in [0.05, 0.1) is 23.3 Å². The Hall–Kier alpha value is -2.66. The zero-order chi connectivity index (χ0) is 16.5.